The maximum absolute atomic E-state index is 12.0. The summed E-state index contributed by atoms with van der Waals surface area (Å²) >= 11 is 7.52. The van der Waals surface area contributed by atoms with Crippen molar-refractivity contribution in [3.05, 3.63) is 40.4 Å². The van der Waals surface area contributed by atoms with Crippen molar-refractivity contribution in [1.29, 1.82) is 0 Å². The smallest absolute Gasteiger partial charge is 0.326 e. The number of hydrogen-bond acceptors (Lipinski definition) is 5. The lowest BCUT2D eigenvalue weighted by Crippen LogP contribution is -2.42. The molecule has 128 valence electrons. The third-order valence-corrected chi connectivity index (χ3v) is 4.50. The zero-order valence-corrected chi connectivity index (χ0v) is 14.6. The van der Waals surface area contributed by atoms with E-state index in [1.54, 1.807) is 11.4 Å². The van der Waals surface area contributed by atoms with Gasteiger partial charge in [-0.2, -0.15) is 0 Å². The summed E-state index contributed by atoms with van der Waals surface area (Å²) in [7, 11) is 1.48. The predicted octanol–water partition coefficient (Wildman–Crippen LogP) is 2.61. The number of aromatic nitrogens is 1. The fourth-order valence-electron chi connectivity index (χ4n) is 2.05. The second-order valence-electron chi connectivity index (χ2n) is 5.04. The van der Waals surface area contributed by atoms with E-state index in [1.807, 2.05) is 18.2 Å². The topological polar surface area (TPSA) is 88.5 Å². The SMILES string of the molecule is COCCC(NC(=O)Cc1csc(-c2ccccc2Cl)n1)C(=O)O. The maximum atomic E-state index is 12.0. The number of ether oxygens (including phenoxy) is 1. The highest BCUT2D eigenvalue weighted by Gasteiger charge is 2.20. The van der Waals surface area contributed by atoms with E-state index in [0.717, 1.165) is 10.6 Å². The van der Waals surface area contributed by atoms with E-state index in [4.69, 9.17) is 21.4 Å². The summed E-state index contributed by atoms with van der Waals surface area (Å²) < 4.78 is 4.85. The minimum Gasteiger partial charge on any atom is -0.480 e. The van der Waals surface area contributed by atoms with Gasteiger partial charge < -0.3 is 15.2 Å². The first kappa shape index (κ1) is 18.4. The van der Waals surface area contributed by atoms with E-state index in [-0.39, 0.29) is 19.4 Å². The highest BCUT2D eigenvalue weighted by atomic mass is 35.5. The van der Waals surface area contributed by atoms with Crippen LogP contribution >= 0.6 is 22.9 Å². The van der Waals surface area contributed by atoms with Crippen LogP contribution in [0.1, 0.15) is 12.1 Å². The zero-order valence-electron chi connectivity index (χ0n) is 13.0. The van der Waals surface area contributed by atoms with Crippen LogP contribution in [-0.4, -0.2) is 41.7 Å². The summed E-state index contributed by atoms with van der Waals surface area (Å²) in [5, 5.41) is 14.7. The molecule has 1 heterocycles. The van der Waals surface area contributed by atoms with Gasteiger partial charge >= 0.3 is 5.97 Å². The van der Waals surface area contributed by atoms with Gasteiger partial charge in [0, 0.05) is 31.1 Å². The van der Waals surface area contributed by atoms with Crippen LogP contribution in [0.25, 0.3) is 10.6 Å². The highest BCUT2D eigenvalue weighted by Crippen LogP contribution is 2.30. The normalized spacial score (nSPS) is 11.9. The van der Waals surface area contributed by atoms with E-state index in [1.165, 1.54) is 18.4 Å². The molecule has 1 aromatic carbocycles. The van der Waals surface area contributed by atoms with Gasteiger partial charge in [-0.05, 0) is 6.07 Å². The van der Waals surface area contributed by atoms with Gasteiger partial charge in [0.2, 0.25) is 5.91 Å². The highest BCUT2D eigenvalue weighted by molar-refractivity contribution is 7.13. The number of carbonyl (C=O) groups excluding carboxylic acids is 1. The molecule has 1 amide bonds. The molecule has 0 aliphatic rings. The standard InChI is InChI=1S/C16H17ClN2O4S/c1-23-7-6-13(16(21)22)19-14(20)8-10-9-24-15(18-10)11-4-2-3-5-12(11)17/h2-5,9,13H,6-8H2,1H3,(H,19,20)(H,21,22). The largest absolute Gasteiger partial charge is 0.480 e. The molecule has 2 N–H and O–H groups in total. The fourth-order valence-corrected chi connectivity index (χ4v) is 3.19. The fraction of sp³-hybridized carbons (Fsp3) is 0.312. The number of benzene rings is 1. The Bertz CT molecular complexity index is 720. The van der Waals surface area contributed by atoms with Crippen molar-refractivity contribution in [2.75, 3.05) is 13.7 Å². The van der Waals surface area contributed by atoms with Gasteiger partial charge in [0.05, 0.1) is 17.1 Å². The third-order valence-electron chi connectivity index (χ3n) is 3.24. The monoisotopic (exact) mass is 368 g/mol. The molecule has 1 unspecified atom stereocenters. The Balaban J connectivity index is 2.00. The van der Waals surface area contributed by atoms with Crippen molar-refractivity contribution in [3.63, 3.8) is 0 Å². The Kier molecular flexibility index (Phi) is 6.72. The molecule has 0 bridgehead atoms. The van der Waals surface area contributed by atoms with Crippen molar-refractivity contribution >= 4 is 34.8 Å². The van der Waals surface area contributed by atoms with E-state index < -0.39 is 17.9 Å². The van der Waals surface area contributed by atoms with Crippen LogP contribution in [0.4, 0.5) is 0 Å². The molecule has 6 nitrogen and oxygen atoms in total. The molecule has 0 aliphatic carbocycles. The third kappa shape index (κ3) is 5.02. The summed E-state index contributed by atoms with van der Waals surface area (Å²) in [5.74, 6) is -1.48. The second kappa shape index (κ2) is 8.77. The number of carboxylic acids is 1. The van der Waals surface area contributed by atoms with Crippen molar-refractivity contribution in [2.24, 2.45) is 0 Å². The molecule has 0 radical (unpaired) electrons. The molecular weight excluding hydrogens is 352 g/mol. The summed E-state index contributed by atoms with van der Waals surface area (Å²) in [4.78, 5) is 27.5. The van der Waals surface area contributed by atoms with Gasteiger partial charge in [0.1, 0.15) is 11.0 Å². The van der Waals surface area contributed by atoms with E-state index >= 15 is 0 Å². The number of aliphatic carboxylic acids is 1. The van der Waals surface area contributed by atoms with Crippen LogP contribution in [0.15, 0.2) is 29.6 Å². The van der Waals surface area contributed by atoms with Gasteiger partial charge in [-0.3, -0.25) is 4.79 Å². The quantitative estimate of drug-likeness (QED) is 0.747. The molecule has 1 atom stereocenters. The van der Waals surface area contributed by atoms with Gasteiger partial charge in [-0.25, -0.2) is 9.78 Å². The number of carbonyl (C=O) groups is 2. The average molecular weight is 369 g/mol. The number of rotatable bonds is 8. The lowest BCUT2D eigenvalue weighted by atomic mass is 10.2. The molecule has 2 aromatic rings. The van der Waals surface area contributed by atoms with Crippen molar-refractivity contribution in [3.8, 4) is 10.6 Å². The molecule has 8 heteroatoms. The molecule has 2 rings (SSSR count). The van der Waals surface area contributed by atoms with E-state index in [0.29, 0.717) is 10.7 Å². The van der Waals surface area contributed by atoms with E-state index in [2.05, 4.69) is 10.3 Å². The minimum absolute atomic E-state index is 0.0116. The molecule has 0 saturated carbocycles. The van der Waals surface area contributed by atoms with E-state index in [9.17, 15) is 9.59 Å². The van der Waals surface area contributed by atoms with Crippen molar-refractivity contribution < 1.29 is 19.4 Å². The Morgan fingerprint density at radius 3 is 2.83 bits per heavy atom. The number of thiazole rings is 1. The van der Waals surface area contributed by atoms with Crippen molar-refractivity contribution in [1.82, 2.24) is 10.3 Å². The number of nitrogens with one attached hydrogen (secondary N) is 1. The molecule has 0 saturated heterocycles. The first-order chi connectivity index (χ1) is 11.5. The molecule has 0 fully saturated rings. The summed E-state index contributed by atoms with van der Waals surface area (Å²) in [5.41, 5.74) is 1.38. The van der Waals surface area contributed by atoms with Crippen LogP contribution < -0.4 is 5.32 Å². The number of nitrogens with zero attached hydrogens (tertiary/aromatic N) is 1. The van der Waals surface area contributed by atoms with Gasteiger partial charge in [-0.1, -0.05) is 29.8 Å². The van der Waals surface area contributed by atoms with Crippen LogP contribution in [0.5, 0.6) is 0 Å². The summed E-state index contributed by atoms with van der Waals surface area (Å²) in [6, 6.07) is 6.36. The summed E-state index contributed by atoms with van der Waals surface area (Å²) in [6.07, 6.45) is 0.219. The summed E-state index contributed by atoms with van der Waals surface area (Å²) in [6.45, 7) is 0.255. The van der Waals surface area contributed by atoms with Crippen LogP contribution in [-0.2, 0) is 20.7 Å². The Morgan fingerprint density at radius 1 is 1.42 bits per heavy atom. The lowest BCUT2D eigenvalue weighted by molar-refractivity contribution is -0.142. The number of carboxylic acid groups (broad SMARTS) is 1. The Hall–Kier alpha value is -1.96. The van der Waals surface area contributed by atoms with Crippen LogP contribution in [0.3, 0.4) is 0 Å². The Morgan fingerprint density at radius 2 is 2.17 bits per heavy atom. The number of halogens is 1. The van der Waals surface area contributed by atoms with Crippen LogP contribution in [0, 0.1) is 0 Å². The van der Waals surface area contributed by atoms with Gasteiger partial charge in [0.15, 0.2) is 0 Å². The first-order valence-electron chi connectivity index (χ1n) is 7.21. The molecule has 24 heavy (non-hydrogen) atoms. The second-order valence-corrected chi connectivity index (χ2v) is 6.31. The zero-order chi connectivity index (χ0) is 17.5. The van der Waals surface area contributed by atoms with Crippen LogP contribution in [0.2, 0.25) is 5.02 Å². The number of methoxy groups -OCH3 is 1. The number of amides is 1. The molecule has 0 aliphatic heterocycles. The minimum atomic E-state index is -1.09. The molecular formula is C16H17ClN2O4S. The van der Waals surface area contributed by atoms with Crippen molar-refractivity contribution in [2.45, 2.75) is 18.9 Å². The Labute approximate surface area is 148 Å². The molecule has 0 spiro atoms. The molecule has 1 aromatic heterocycles. The van der Waals surface area contributed by atoms with Gasteiger partial charge in [-0.15, -0.1) is 11.3 Å². The maximum Gasteiger partial charge on any atom is 0.326 e. The average Bonchev–Trinajstić information content (AvgIpc) is 2.99. The predicted molar refractivity (Wildman–Crippen MR) is 92.3 cm³/mol. The number of hydrogen-bond donors (Lipinski definition) is 2. The lowest BCUT2D eigenvalue weighted by Gasteiger charge is -2.13. The first-order valence-corrected chi connectivity index (χ1v) is 8.47. The van der Waals surface area contributed by atoms with Gasteiger partial charge in [0.25, 0.3) is 0 Å².